The van der Waals surface area contributed by atoms with Crippen LogP contribution in [0.25, 0.3) is 0 Å². The molecule has 130 valence electrons. The molecule has 0 fully saturated rings. The number of anilines is 1. The van der Waals surface area contributed by atoms with E-state index in [1.807, 2.05) is 13.8 Å². The minimum absolute atomic E-state index is 0.0352. The summed E-state index contributed by atoms with van der Waals surface area (Å²) in [5.74, 6) is -0.616. The van der Waals surface area contributed by atoms with Gasteiger partial charge in [0.1, 0.15) is 11.5 Å². The third-order valence-electron chi connectivity index (χ3n) is 2.56. The third kappa shape index (κ3) is 8.41. The van der Waals surface area contributed by atoms with E-state index < -0.39 is 27.2 Å². The van der Waals surface area contributed by atoms with Gasteiger partial charge in [-0.15, -0.1) is 0 Å². The summed E-state index contributed by atoms with van der Waals surface area (Å²) in [6.07, 6.45) is 0.0352. The molecule has 0 saturated heterocycles. The summed E-state index contributed by atoms with van der Waals surface area (Å²) in [7, 11) is -3.78. The molecule has 0 unspecified atom stereocenters. The maximum atomic E-state index is 12.0. The fraction of sp³-hybridized carbons (Fsp3) is 0.533. The average molecular weight is 343 g/mol. The second kappa shape index (κ2) is 7.65. The van der Waals surface area contributed by atoms with Crippen molar-refractivity contribution in [1.29, 1.82) is 0 Å². The van der Waals surface area contributed by atoms with E-state index >= 15 is 0 Å². The van der Waals surface area contributed by atoms with Crippen molar-refractivity contribution >= 4 is 21.6 Å². The lowest BCUT2D eigenvalue weighted by Crippen LogP contribution is -2.46. The molecule has 7 nitrogen and oxygen atoms in total. The number of nitrogens with one attached hydrogen (secondary N) is 2. The number of carbonyl (C=O) groups excluding carboxylic acids is 1. The molecule has 4 N–H and O–H groups in total. The van der Waals surface area contributed by atoms with Crippen molar-refractivity contribution in [3.63, 3.8) is 0 Å². The maximum Gasteiger partial charge on any atom is 0.241 e. The van der Waals surface area contributed by atoms with Crippen LogP contribution in [0.3, 0.4) is 0 Å². The highest BCUT2D eigenvalue weighted by molar-refractivity contribution is 7.93. The van der Waals surface area contributed by atoms with Gasteiger partial charge in [-0.3, -0.25) is 9.52 Å². The SMILES string of the molecule is CC(C)Oc1ccc(NS(=O)(=O)CC(=O)NCC(C)(C)N)cc1. The van der Waals surface area contributed by atoms with Crippen molar-refractivity contribution in [3.8, 4) is 5.75 Å². The Bertz CT molecular complexity index is 619. The Morgan fingerprint density at radius 2 is 1.83 bits per heavy atom. The number of benzene rings is 1. The van der Waals surface area contributed by atoms with E-state index in [0.717, 1.165) is 0 Å². The van der Waals surface area contributed by atoms with E-state index in [1.54, 1.807) is 38.1 Å². The molecular formula is C15H25N3O4S. The minimum Gasteiger partial charge on any atom is -0.491 e. The molecule has 0 spiro atoms. The molecule has 1 rings (SSSR count). The van der Waals surface area contributed by atoms with E-state index in [1.165, 1.54) is 0 Å². The summed E-state index contributed by atoms with van der Waals surface area (Å²) < 4.78 is 31.8. The van der Waals surface area contributed by atoms with Crippen molar-refractivity contribution in [2.45, 2.75) is 39.3 Å². The van der Waals surface area contributed by atoms with Crippen LogP contribution in [0.2, 0.25) is 0 Å². The van der Waals surface area contributed by atoms with E-state index in [4.69, 9.17) is 10.5 Å². The summed E-state index contributed by atoms with van der Waals surface area (Å²) in [5, 5.41) is 2.49. The summed E-state index contributed by atoms with van der Waals surface area (Å²) in [6.45, 7) is 7.47. The van der Waals surface area contributed by atoms with Gasteiger partial charge in [-0.2, -0.15) is 0 Å². The van der Waals surface area contributed by atoms with Crippen molar-refractivity contribution in [2.24, 2.45) is 5.73 Å². The average Bonchev–Trinajstić information content (AvgIpc) is 2.36. The Labute approximate surface area is 137 Å². The van der Waals surface area contributed by atoms with Crippen molar-refractivity contribution in [1.82, 2.24) is 5.32 Å². The second-order valence-electron chi connectivity index (χ2n) is 6.32. The van der Waals surface area contributed by atoms with Gasteiger partial charge < -0.3 is 15.8 Å². The summed E-state index contributed by atoms with van der Waals surface area (Å²) in [4.78, 5) is 11.7. The fourth-order valence-corrected chi connectivity index (χ4v) is 2.65. The summed E-state index contributed by atoms with van der Waals surface area (Å²) in [6, 6.07) is 6.48. The molecule has 8 heteroatoms. The topological polar surface area (TPSA) is 111 Å². The Morgan fingerprint density at radius 3 is 2.30 bits per heavy atom. The van der Waals surface area contributed by atoms with Crippen LogP contribution in [0.1, 0.15) is 27.7 Å². The fourth-order valence-electron chi connectivity index (χ4n) is 1.64. The van der Waals surface area contributed by atoms with Crippen LogP contribution in [0.4, 0.5) is 5.69 Å². The normalized spacial score (nSPS) is 12.1. The number of sulfonamides is 1. The number of rotatable bonds is 8. The molecule has 0 saturated carbocycles. The van der Waals surface area contributed by atoms with Crippen LogP contribution >= 0.6 is 0 Å². The zero-order valence-electron chi connectivity index (χ0n) is 13.9. The van der Waals surface area contributed by atoms with E-state index in [0.29, 0.717) is 11.4 Å². The molecule has 23 heavy (non-hydrogen) atoms. The first kappa shape index (κ1) is 19.2. The number of nitrogens with two attached hydrogens (primary N) is 1. The van der Waals surface area contributed by atoms with Crippen LogP contribution in [-0.4, -0.2) is 38.3 Å². The number of hydrogen-bond donors (Lipinski definition) is 3. The molecule has 1 aromatic rings. The molecule has 0 radical (unpaired) electrons. The van der Waals surface area contributed by atoms with Crippen molar-refractivity contribution in [3.05, 3.63) is 24.3 Å². The highest BCUT2D eigenvalue weighted by atomic mass is 32.2. The van der Waals surface area contributed by atoms with E-state index in [-0.39, 0.29) is 12.6 Å². The first-order valence-corrected chi connectivity index (χ1v) is 8.95. The van der Waals surface area contributed by atoms with Gasteiger partial charge in [-0.05, 0) is 52.0 Å². The number of carbonyl (C=O) groups is 1. The van der Waals surface area contributed by atoms with E-state index in [2.05, 4.69) is 10.0 Å². The quantitative estimate of drug-likeness (QED) is 0.654. The number of hydrogen-bond acceptors (Lipinski definition) is 5. The van der Waals surface area contributed by atoms with Gasteiger partial charge >= 0.3 is 0 Å². The first-order chi connectivity index (χ1) is 10.5. The molecule has 0 aliphatic heterocycles. The first-order valence-electron chi connectivity index (χ1n) is 7.30. The van der Waals surface area contributed by atoms with E-state index in [9.17, 15) is 13.2 Å². The Balaban J connectivity index is 2.59. The monoisotopic (exact) mass is 343 g/mol. The Kier molecular flexibility index (Phi) is 6.40. The molecule has 1 aromatic carbocycles. The van der Waals surface area contributed by atoms with Gasteiger partial charge in [-0.25, -0.2) is 8.42 Å². The number of ether oxygens (including phenoxy) is 1. The van der Waals surface area contributed by atoms with Gasteiger partial charge in [0.15, 0.2) is 0 Å². The molecule has 0 heterocycles. The van der Waals surface area contributed by atoms with Gasteiger partial charge in [0.2, 0.25) is 15.9 Å². The van der Waals surface area contributed by atoms with Gasteiger partial charge in [-0.1, -0.05) is 0 Å². The molecular weight excluding hydrogens is 318 g/mol. The molecule has 0 aliphatic carbocycles. The smallest absolute Gasteiger partial charge is 0.241 e. The number of amides is 1. The zero-order valence-corrected chi connectivity index (χ0v) is 14.7. The van der Waals surface area contributed by atoms with Crippen LogP contribution in [0, 0.1) is 0 Å². The van der Waals surface area contributed by atoms with Gasteiger partial charge in [0.05, 0.1) is 6.10 Å². The zero-order chi connectivity index (χ0) is 17.7. The van der Waals surface area contributed by atoms with Crippen molar-refractivity contribution < 1.29 is 17.9 Å². The van der Waals surface area contributed by atoms with Crippen molar-refractivity contribution in [2.75, 3.05) is 17.0 Å². The van der Waals surface area contributed by atoms with Gasteiger partial charge in [0, 0.05) is 17.8 Å². The van der Waals surface area contributed by atoms with Crippen LogP contribution in [-0.2, 0) is 14.8 Å². The maximum absolute atomic E-state index is 12.0. The molecule has 1 amide bonds. The highest BCUT2D eigenvalue weighted by Crippen LogP contribution is 2.17. The molecule has 0 bridgehead atoms. The van der Waals surface area contributed by atoms with Gasteiger partial charge in [0.25, 0.3) is 0 Å². The molecule has 0 aliphatic rings. The largest absolute Gasteiger partial charge is 0.491 e. The lowest BCUT2D eigenvalue weighted by atomic mass is 10.1. The predicted molar refractivity (Wildman–Crippen MR) is 90.9 cm³/mol. The lowest BCUT2D eigenvalue weighted by Gasteiger charge is -2.19. The lowest BCUT2D eigenvalue weighted by molar-refractivity contribution is -0.118. The van der Waals surface area contributed by atoms with Crippen LogP contribution < -0.4 is 20.5 Å². The van der Waals surface area contributed by atoms with Crippen LogP contribution in [0.15, 0.2) is 24.3 Å². The Hall–Kier alpha value is -1.80. The minimum atomic E-state index is -3.78. The Morgan fingerprint density at radius 1 is 1.26 bits per heavy atom. The summed E-state index contributed by atoms with van der Waals surface area (Å²) in [5.41, 5.74) is 5.50. The molecule has 0 aromatic heterocycles. The second-order valence-corrected chi connectivity index (χ2v) is 8.04. The molecule has 0 atom stereocenters. The predicted octanol–water partition coefficient (Wildman–Crippen LogP) is 1.07. The summed E-state index contributed by atoms with van der Waals surface area (Å²) >= 11 is 0. The highest BCUT2D eigenvalue weighted by Gasteiger charge is 2.18. The third-order valence-corrected chi connectivity index (χ3v) is 3.75. The van der Waals surface area contributed by atoms with Crippen LogP contribution in [0.5, 0.6) is 5.75 Å². The standard InChI is InChI=1S/C15H25N3O4S/c1-11(2)22-13-7-5-12(6-8-13)18-23(20,21)9-14(19)17-10-15(3,4)16/h5-8,11,18H,9-10,16H2,1-4H3,(H,17,19).